The van der Waals surface area contributed by atoms with E-state index in [0.29, 0.717) is 24.1 Å². The molecule has 0 aliphatic heterocycles. The average molecular weight is 426 g/mol. The molecule has 0 radical (unpaired) electrons. The van der Waals surface area contributed by atoms with Crippen LogP contribution in [0.1, 0.15) is 29.5 Å². The Balaban J connectivity index is 1.66. The number of benzene rings is 3. The van der Waals surface area contributed by atoms with Crippen LogP contribution in [0.3, 0.4) is 0 Å². The third-order valence-electron chi connectivity index (χ3n) is 6.07. The zero-order valence-electron chi connectivity index (χ0n) is 18.1. The molecule has 5 aromatic rings. The van der Waals surface area contributed by atoms with Gasteiger partial charge in [0.15, 0.2) is 0 Å². The first-order valence-corrected chi connectivity index (χ1v) is 10.8. The molecule has 2 aromatic heterocycles. The van der Waals surface area contributed by atoms with E-state index >= 15 is 0 Å². The van der Waals surface area contributed by atoms with Gasteiger partial charge in [-0.2, -0.15) is 0 Å². The standard InChI is InChI=1S/C27H24FN3O/c1-18-8-13-24-23(14-18)25-26(31(24)16-20-9-11-22(28)12-10-20)27(32)30(17-29-25)15-19(2)21-6-4-3-5-7-21/h3-14,17,19H,15-16H2,1-2H3/t19-/m1/s1. The fourth-order valence-electron chi connectivity index (χ4n) is 4.36. The number of hydrogen-bond donors (Lipinski definition) is 0. The summed E-state index contributed by atoms with van der Waals surface area (Å²) in [6.07, 6.45) is 1.66. The van der Waals surface area contributed by atoms with Crippen molar-refractivity contribution >= 4 is 21.9 Å². The van der Waals surface area contributed by atoms with Gasteiger partial charge in [0.2, 0.25) is 0 Å². The second-order valence-electron chi connectivity index (χ2n) is 8.44. The molecule has 0 aliphatic rings. The van der Waals surface area contributed by atoms with Crippen LogP contribution in [0.2, 0.25) is 0 Å². The number of fused-ring (bicyclic) bond motifs is 3. The first-order chi connectivity index (χ1) is 15.5. The maximum Gasteiger partial charge on any atom is 0.277 e. The third kappa shape index (κ3) is 3.60. The molecule has 0 N–H and O–H groups in total. The maximum absolute atomic E-state index is 13.7. The number of rotatable bonds is 5. The van der Waals surface area contributed by atoms with E-state index in [2.05, 4.69) is 25.1 Å². The molecule has 4 nitrogen and oxygen atoms in total. The topological polar surface area (TPSA) is 39.8 Å². The van der Waals surface area contributed by atoms with Gasteiger partial charge in [0.25, 0.3) is 5.56 Å². The van der Waals surface area contributed by atoms with Crippen molar-refractivity contribution in [2.45, 2.75) is 32.9 Å². The summed E-state index contributed by atoms with van der Waals surface area (Å²) < 4.78 is 17.1. The van der Waals surface area contributed by atoms with E-state index in [-0.39, 0.29) is 17.3 Å². The Labute approximate surface area is 185 Å². The molecular weight excluding hydrogens is 401 g/mol. The lowest BCUT2D eigenvalue weighted by Crippen LogP contribution is -2.24. The summed E-state index contributed by atoms with van der Waals surface area (Å²) in [4.78, 5) is 18.4. The summed E-state index contributed by atoms with van der Waals surface area (Å²) in [5.74, 6) is -0.101. The minimum Gasteiger partial charge on any atom is -0.330 e. The summed E-state index contributed by atoms with van der Waals surface area (Å²) in [5.41, 5.74) is 5.40. The molecule has 0 saturated carbocycles. The van der Waals surface area contributed by atoms with Gasteiger partial charge in [0, 0.05) is 18.5 Å². The van der Waals surface area contributed by atoms with E-state index in [9.17, 15) is 9.18 Å². The highest BCUT2D eigenvalue weighted by Crippen LogP contribution is 2.28. The SMILES string of the molecule is Cc1ccc2c(c1)c1ncn(C[C@@H](C)c3ccccc3)c(=O)c1n2Cc1ccc(F)cc1. The van der Waals surface area contributed by atoms with Crippen LogP contribution in [0.15, 0.2) is 83.9 Å². The molecule has 1 atom stereocenters. The smallest absolute Gasteiger partial charge is 0.277 e. The third-order valence-corrected chi connectivity index (χ3v) is 6.07. The minimum absolute atomic E-state index is 0.0613. The Hall–Kier alpha value is -3.73. The van der Waals surface area contributed by atoms with Gasteiger partial charge in [0.1, 0.15) is 16.9 Å². The Kier molecular flexibility index (Phi) is 5.10. The quantitative estimate of drug-likeness (QED) is 0.365. The molecule has 3 aromatic carbocycles. The van der Waals surface area contributed by atoms with E-state index in [1.165, 1.54) is 17.7 Å². The molecule has 0 saturated heterocycles. The molecule has 2 heterocycles. The predicted octanol–water partition coefficient (Wildman–Crippen LogP) is 5.65. The molecule has 0 aliphatic carbocycles. The van der Waals surface area contributed by atoms with Gasteiger partial charge >= 0.3 is 0 Å². The first kappa shape index (κ1) is 20.2. The Morgan fingerprint density at radius 1 is 1.00 bits per heavy atom. The zero-order valence-corrected chi connectivity index (χ0v) is 18.1. The highest BCUT2D eigenvalue weighted by atomic mass is 19.1. The van der Waals surface area contributed by atoms with Crippen LogP contribution in [0.4, 0.5) is 4.39 Å². The summed E-state index contributed by atoms with van der Waals surface area (Å²) in [6, 6.07) is 22.7. The second kappa shape index (κ2) is 8.08. The minimum atomic E-state index is -0.273. The van der Waals surface area contributed by atoms with Crippen molar-refractivity contribution in [3.63, 3.8) is 0 Å². The van der Waals surface area contributed by atoms with Gasteiger partial charge in [-0.25, -0.2) is 9.37 Å². The summed E-state index contributed by atoms with van der Waals surface area (Å²) in [5, 5.41) is 0.961. The van der Waals surface area contributed by atoms with E-state index in [1.807, 2.05) is 41.8 Å². The molecule has 0 unspecified atom stereocenters. The normalized spacial score (nSPS) is 12.5. The molecule has 5 rings (SSSR count). The van der Waals surface area contributed by atoms with Gasteiger partial charge in [0.05, 0.1) is 11.8 Å². The number of halogens is 1. The van der Waals surface area contributed by atoms with E-state index in [1.54, 1.807) is 23.0 Å². The molecule has 0 amide bonds. The van der Waals surface area contributed by atoms with Gasteiger partial charge in [-0.15, -0.1) is 0 Å². The van der Waals surface area contributed by atoms with Gasteiger partial charge in [-0.3, -0.25) is 9.36 Å². The molecule has 5 heteroatoms. The largest absolute Gasteiger partial charge is 0.330 e. The van der Waals surface area contributed by atoms with Crippen molar-refractivity contribution in [3.8, 4) is 0 Å². The molecular formula is C27H24FN3O. The fraction of sp³-hybridized carbons (Fsp3) is 0.185. The lowest BCUT2D eigenvalue weighted by molar-refractivity contribution is 0.575. The Morgan fingerprint density at radius 2 is 1.75 bits per heavy atom. The van der Waals surface area contributed by atoms with E-state index < -0.39 is 0 Å². The van der Waals surface area contributed by atoms with Crippen LogP contribution in [0, 0.1) is 12.7 Å². The van der Waals surface area contributed by atoms with Crippen molar-refractivity contribution < 1.29 is 4.39 Å². The highest BCUT2D eigenvalue weighted by molar-refractivity contribution is 6.05. The van der Waals surface area contributed by atoms with Crippen molar-refractivity contribution in [1.29, 1.82) is 0 Å². The summed E-state index contributed by atoms with van der Waals surface area (Å²) >= 11 is 0. The second-order valence-corrected chi connectivity index (χ2v) is 8.44. The van der Waals surface area contributed by atoms with Gasteiger partial charge in [-0.05, 0) is 48.2 Å². The molecule has 0 spiro atoms. The Bertz CT molecular complexity index is 1470. The lowest BCUT2D eigenvalue weighted by atomic mass is 10.0. The van der Waals surface area contributed by atoms with Crippen LogP contribution in [-0.4, -0.2) is 14.1 Å². The van der Waals surface area contributed by atoms with Crippen molar-refractivity contribution in [2.24, 2.45) is 0 Å². The molecule has 32 heavy (non-hydrogen) atoms. The average Bonchev–Trinajstić information content (AvgIpc) is 3.11. The van der Waals surface area contributed by atoms with Crippen LogP contribution < -0.4 is 5.56 Å². The van der Waals surface area contributed by atoms with Gasteiger partial charge < -0.3 is 4.57 Å². The Morgan fingerprint density at radius 3 is 2.50 bits per heavy atom. The summed E-state index contributed by atoms with van der Waals surface area (Å²) in [7, 11) is 0. The van der Waals surface area contributed by atoms with Crippen LogP contribution in [0.25, 0.3) is 21.9 Å². The number of aryl methyl sites for hydroxylation is 1. The van der Waals surface area contributed by atoms with Crippen molar-refractivity contribution in [3.05, 3.63) is 112 Å². The molecule has 0 bridgehead atoms. The van der Waals surface area contributed by atoms with Crippen molar-refractivity contribution in [1.82, 2.24) is 14.1 Å². The first-order valence-electron chi connectivity index (χ1n) is 10.8. The molecule has 160 valence electrons. The van der Waals surface area contributed by atoms with Crippen LogP contribution >= 0.6 is 0 Å². The van der Waals surface area contributed by atoms with E-state index in [4.69, 9.17) is 4.98 Å². The summed E-state index contributed by atoms with van der Waals surface area (Å²) in [6.45, 7) is 5.16. The van der Waals surface area contributed by atoms with Crippen LogP contribution in [-0.2, 0) is 13.1 Å². The number of nitrogens with zero attached hydrogens (tertiary/aromatic N) is 3. The highest BCUT2D eigenvalue weighted by Gasteiger charge is 2.18. The maximum atomic E-state index is 13.7. The van der Waals surface area contributed by atoms with Crippen molar-refractivity contribution in [2.75, 3.05) is 0 Å². The van der Waals surface area contributed by atoms with Crippen LogP contribution in [0.5, 0.6) is 0 Å². The van der Waals surface area contributed by atoms with Gasteiger partial charge in [-0.1, -0.05) is 61.0 Å². The zero-order chi connectivity index (χ0) is 22.2. The number of aromatic nitrogens is 3. The van der Waals surface area contributed by atoms with E-state index in [0.717, 1.165) is 22.0 Å². The number of hydrogen-bond acceptors (Lipinski definition) is 2. The monoisotopic (exact) mass is 425 g/mol. The lowest BCUT2D eigenvalue weighted by Gasteiger charge is -2.14. The predicted molar refractivity (Wildman–Crippen MR) is 127 cm³/mol. The fourth-order valence-corrected chi connectivity index (χ4v) is 4.36. The molecule has 0 fully saturated rings.